The molecule has 0 radical (unpaired) electrons. The molecule has 0 unspecified atom stereocenters. The fraction of sp³-hybridized carbons (Fsp3) is 0.571. The van der Waals surface area contributed by atoms with Gasteiger partial charge >= 0.3 is 5.97 Å². The molecule has 1 heterocycles. The summed E-state index contributed by atoms with van der Waals surface area (Å²) in [6.07, 6.45) is 0.506. The van der Waals surface area contributed by atoms with Crippen molar-refractivity contribution in [1.82, 2.24) is 10.2 Å². The third kappa shape index (κ3) is 4.87. The average molecular weight is 374 g/mol. The number of amides is 2. The first-order valence-electron chi connectivity index (χ1n) is 9.21. The van der Waals surface area contributed by atoms with E-state index in [9.17, 15) is 14.4 Å². The van der Waals surface area contributed by atoms with Crippen LogP contribution in [0.5, 0.6) is 0 Å². The van der Waals surface area contributed by atoms with Gasteiger partial charge in [-0.1, -0.05) is 44.2 Å². The van der Waals surface area contributed by atoms with Crippen LogP contribution in [-0.4, -0.2) is 47.4 Å². The Morgan fingerprint density at radius 3 is 2.37 bits per heavy atom. The summed E-state index contributed by atoms with van der Waals surface area (Å²) in [5, 5.41) is 2.96. The van der Waals surface area contributed by atoms with Crippen molar-refractivity contribution in [3.63, 3.8) is 0 Å². The van der Waals surface area contributed by atoms with E-state index in [-0.39, 0.29) is 18.2 Å². The van der Waals surface area contributed by atoms with E-state index >= 15 is 0 Å². The highest BCUT2D eigenvalue weighted by Crippen LogP contribution is 2.39. The first-order valence-corrected chi connectivity index (χ1v) is 9.21. The Balaban J connectivity index is 2.42. The third-order valence-corrected chi connectivity index (χ3v) is 4.74. The van der Waals surface area contributed by atoms with Crippen molar-refractivity contribution in [2.24, 2.45) is 5.41 Å². The fourth-order valence-electron chi connectivity index (χ4n) is 3.64. The van der Waals surface area contributed by atoms with Crippen LogP contribution in [0, 0.1) is 5.41 Å². The number of likely N-dealkylation sites (tertiary alicyclic amines) is 1. The Hall–Kier alpha value is -2.37. The lowest BCUT2D eigenvalue weighted by molar-refractivity contribution is -0.154. The third-order valence-electron chi connectivity index (χ3n) is 4.74. The van der Waals surface area contributed by atoms with Gasteiger partial charge in [-0.15, -0.1) is 0 Å². The molecule has 6 heteroatoms. The number of nitrogens with zero attached hydrogens (tertiary/aromatic N) is 1. The van der Waals surface area contributed by atoms with Gasteiger partial charge in [0.15, 0.2) is 0 Å². The van der Waals surface area contributed by atoms with Gasteiger partial charge in [-0.2, -0.15) is 0 Å². The van der Waals surface area contributed by atoms with Crippen molar-refractivity contribution in [3.05, 3.63) is 35.9 Å². The molecule has 6 nitrogen and oxygen atoms in total. The normalized spacial score (nSPS) is 20.3. The minimum atomic E-state index is -0.845. The standard InChI is InChI=1S/C21H30N2O4/c1-20(2,3)22-18(25)17-21(4,5)13-16(24)23(17)15(19(26)27-6)12-14-10-8-7-9-11-14/h7-11,15,17H,12-13H2,1-6H3,(H,22,25)/t15-,17+/m0/s1. The van der Waals surface area contributed by atoms with E-state index in [2.05, 4.69) is 5.32 Å². The number of rotatable bonds is 5. The molecule has 1 fully saturated rings. The molecule has 0 bridgehead atoms. The maximum absolute atomic E-state index is 13.0. The molecule has 1 aliphatic rings. The molecule has 1 saturated heterocycles. The van der Waals surface area contributed by atoms with Crippen LogP contribution in [0.3, 0.4) is 0 Å². The lowest BCUT2D eigenvalue weighted by atomic mass is 9.83. The molecular formula is C21H30N2O4. The SMILES string of the molecule is COC(=O)[C@H](Cc1ccccc1)N1C(=O)CC(C)(C)[C@H]1C(=O)NC(C)(C)C. The zero-order valence-electron chi connectivity index (χ0n) is 17.0. The quantitative estimate of drug-likeness (QED) is 0.803. The van der Waals surface area contributed by atoms with Crippen molar-refractivity contribution in [2.75, 3.05) is 7.11 Å². The zero-order valence-corrected chi connectivity index (χ0v) is 17.0. The lowest BCUT2D eigenvalue weighted by Crippen LogP contribution is -2.58. The van der Waals surface area contributed by atoms with Gasteiger partial charge in [-0.25, -0.2) is 4.79 Å². The number of hydrogen-bond acceptors (Lipinski definition) is 4. The van der Waals surface area contributed by atoms with Gasteiger partial charge < -0.3 is 15.0 Å². The molecule has 0 aromatic heterocycles. The van der Waals surface area contributed by atoms with E-state index in [1.54, 1.807) is 0 Å². The van der Waals surface area contributed by atoms with Crippen molar-refractivity contribution in [3.8, 4) is 0 Å². The number of nitrogens with one attached hydrogen (secondary N) is 1. The molecule has 2 atom stereocenters. The molecule has 2 rings (SSSR count). The molecule has 1 N–H and O–H groups in total. The summed E-state index contributed by atoms with van der Waals surface area (Å²) in [5.74, 6) is -0.973. The summed E-state index contributed by atoms with van der Waals surface area (Å²) in [7, 11) is 1.30. The lowest BCUT2D eigenvalue weighted by Gasteiger charge is -2.37. The van der Waals surface area contributed by atoms with Crippen LogP contribution in [0.25, 0.3) is 0 Å². The maximum atomic E-state index is 13.0. The van der Waals surface area contributed by atoms with E-state index in [1.807, 2.05) is 65.0 Å². The smallest absolute Gasteiger partial charge is 0.328 e. The van der Waals surface area contributed by atoms with Crippen LogP contribution in [-0.2, 0) is 25.5 Å². The molecule has 27 heavy (non-hydrogen) atoms. The highest BCUT2D eigenvalue weighted by Gasteiger charge is 2.53. The van der Waals surface area contributed by atoms with Crippen LogP contribution in [0.2, 0.25) is 0 Å². The van der Waals surface area contributed by atoms with Gasteiger partial charge in [0.2, 0.25) is 11.8 Å². The number of hydrogen-bond donors (Lipinski definition) is 1. The van der Waals surface area contributed by atoms with Gasteiger partial charge in [0.1, 0.15) is 12.1 Å². The molecule has 1 aliphatic heterocycles. The van der Waals surface area contributed by atoms with Gasteiger partial charge in [0, 0.05) is 23.8 Å². The summed E-state index contributed by atoms with van der Waals surface area (Å²) in [4.78, 5) is 39.9. The summed E-state index contributed by atoms with van der Waals surface area (Å²) in [6.45, 7) is 9.44. The van der Waals surface area contributed by atoms with Gasteiger partial charge in [0.25, 0.3) is 0 Å². The summed E-state index contributed by atoms with van der Waals surface area (Å²) >= 11 is 0. The van der Waals surface area contributed by atoms with Crippen molar-refractivity contribution in [1.29, 1.82) is 0 Å². The average Bonchev–Trinajstić information content (AvgIpc) is 2.79. The highest BCUT2D eigenvalue weighted by atomic mass is 16.5. The number of benzene rings is 1. The van der Waals surface area contributed by atoms with Crippen molar-refractivity contribution < 1.29 is 19.1 Å². The zero-order chi connectivity index (χ0) is 20.4. The van der Waals surface area contributed by atoms with E-state index in [1.165, 1.54) is 12.0 Å². The molecule has 1 aromatic carbocycles. The topological polar surface area (TPSA) is 75.7 Å². The maximum Gasteiger partial charge on any atom is 0.328 e. The summed E-state index contributed by atoms with van der Waals surface area (Å²) in [6, 6.07) is 7.85. The Kier molecular flexibility index (Phi) is 5.97. The Labute approximate surface area is 161 Å². The van der Waals surface area contributed by atoms with E-state index in [4.69, 9.17) is 4.74 Å². The Bertz CT molecular complexity index is 707. The minimum absolute atomic E-state index is 0.206. The second-order valence-electron chi connectivity index (χ2n) is 8.84. The van der Waals surface area contributed by atoms with Gasteiger partial charge in [0.05, 0.1) is 7.11 Å². The minimum Gasteiger partial charge on any atom is -0.467 e. The van der Waals surface area contributed by atoms with Gasteiger partial charge in [-0.05, 0) is 26.3 Å². The number of ether oxygens (including phenoxy) is 1. The molecule has 1 aromatic rings. The molecule has 0 aliphatic carbocycles. The number of carbonyl (C=O) groups is 3. The predicted octanol–water partition coefficient (Wildman–Crippen LogP) is 2.31. The number of methoxy groups -OCH3 is 1. The molecule has 0 spiro atoms. The summed E-state index contributed by atoms with van der Waals surface area (Å²) < 4.78 is 4.98. The second-order valence-corrected chi connectivity index (χ2v) is 8.84. The molecule has 2 amide bonds. The highest BCUT2D eigenvalue weighted by molar-refractivity contribution is 5.95. The summed E-state index contributed by atoms with van der Waals surface area (Å²) in [5.41, 5.74) is -0.125. The van der Waals surface area contributed by atoms with Crippen molar-refractivity contribution >= 4 is 17.8 Å². The van der Waals surface area contributed by atoms with E-state index < -0.39 is 29.0 Å². The number of carbonyl (C=O) groups excluding carboxylic acids is 3. The first kappa shape index (κ1) is 20.9. The van der Waals surface area contributed by atoms with Crippen LogP contribution in [0.15, 0.2) is 30.3 Å². The Morgan fingerprint density at radius 2 is 1.85 bits per heavy atom. The van der Waals surface area contributed by atoms with Crippen LogP contribution in [0.4, 0.5) is 0 Å². The monoisotopic (exact) mass is 374 g/mol. The van der Waals surface area contributed by atoms with Crippen LogP contribution < -0.4 is 5.32 Å². The predicted molar refractivity (Wildman–Crippen MR) is 103 cm³/mol. The van der Waals surface area contributed by atoms with Gasteiger partial charge in [-0.3, -0.25) is 9.59 Å². The largest absolute Gasteiger partial charge is 0.467 e. The van der Waals surface area contributed by atoms with E-state index in [0.717, 1.165) is 5.56 Å². The molecule has 148 valence electrons. The fourth-order valence-corrected chi connectivity index (χ4v) is 3.64. The van der Waals surface area contributed by atoms with E-state index in [0.29, 0.717) is 6.42 Å². The van der Waals surface area contributed by atoms with Crippen molar-refractivity contribution in [2.45, 2.75) is 65.1 Å². The number of esters is 1. The molecule has 0 saturated carbocycles. The molecular weight excluding hydrogens is 344 g/mol. The Morgan fingerprint density at radius 1 is 1.26 bits per heavy atom. The van der Waals surface area contributed by atoms with Crippen LogP contribution in [0.1, 0.15) is 46.6 Å². The second kappa shape index (κ2) is 7.71. The first-order chi connectivity index (χ1) is 12.5. The van der Waals surface area contributed by atoms with Crippen LogP contribution >= 0.6 is 0 Å².